The van der Waals surface area contributed by atoms with Gasteiger partial charge in [0.05, 0.1) is 0 Å². The van der Waals surface area contributed by atoms with Crippen LogP contribution < -0.4 is 5.26 Å². The van der Waals surface area contributed by atoms with Crippen LogP contribution in [-0.4, -0.2) is 0 Å². The van der Waals surface area contributed by atoms with E-state index in [-0.39, 0.29) is 24.5 Å². The summed E-state index contributed by atoms with van der Waals surface area (Å²) in [6.45, 7) is 0. The Morgan fingerprint density at radius 3 is 1.60 bits per heavy atom. The van der Waals surface area contributed by atoms with E-state index in [9.17, 15) is 0 Å². The Hall–Kier alpha value is -0.0805. The SMILES string of the molecule is O=[O+][O-].[C].[Fe]. The second kappa shape index (κ2) is 39.5. The summed E-state index contributed by atoms with van der Waals surface area (Å²) in [6.07, 6.45) is 0. The summed E-state index contributed by atoms with van der Waals surface area (Å²) in [5.74, 6) is 0. The molecule has 0 saturated heterocycles. The Kier molecular flexibility index (Phi) is 162. The van der Waals surface area contributed by atoms with Gasteiger partial charge >= 0.3 is 0 Å². The largest absolute Gasteiger partial charge is 0.154 e. The van der Waals surface area contributed by atoms with Crippen LogP contribution in [0.25, 0.3) is 0 Å². The van der Waals surface area contributed by atoms with Crippen molar-refractivity contribution >= 4 is 0 Å². The Bertz CT molecular complexity index is 14.4. The van der Waals surface area contributed by atoms with E-state index in [2.05, 4.69) is 0 Å². The van der Waals surface area contributed by atoms with Crippen molar-refractivity contribution in [2.45, 2.75) is 0 Å². The molecule has 30 valence electrons. The van der Waals surface area contributed by atoms with Gasteiger partial charge < -0.3 is 0 Å². The summed E-state index contributed by atoms with van der Waals surface area (Å²) >= 11 is 0. The minimum absolute atomic E-state index is 0. The fraction of sp³-hybridized carbons (Fsp3) is 0. The molecule has 0 spiro atoms. The summed E-state index contributed by atoms with van der Waals surface area (Å²) in [6, 6.07) is 0. The summed E-state index contributed by atoms with van der Waals surface area (Å²) in [5.41, 5.74) is 0. The smallest absolute Gasteiger partial charge is 0.0772 e. The first-order valence-corrected chi connectivity index (χ1v) is 0.333. The first-order chi connectivity index (χ1) is 1.41. The van der Waals surface area contributed by atoms with Gasteiger partial charge in [-0.15, -0.1) is 0 Å². The van der Waals surface area contributed by atoms with Crippen LogP contribution in [0.5, 0.6) is 0 Å². The van der Waals surface area contributed by atoms with Crippen molar-refractivity contribution in [3.05, 3.63) is 17.1 Å². The van der Waals surface area contributed by atoms with Crippen LogP contribution >= 0.6 is 0 Å². The van der Waals surface area contributed by atoms with Gasteiger partial charge in [-0.1, -0.05) is 10.2 Å². The maximum Gasteiger partial charge on any atom is 0.154 e. The molecule has 4 radical (unpaired) electrons. The molecule has 0 rings (SSSR count). The minimum atomic E-state index is 0. The quantitative estimate of drug-likeness (QED) is 0.175. The summed E-state index contributed by atoms with van der Waals surface area (Å²) in [5, 5.41) is 7.88. The fourth-order valence-corrected chi connectivity index (χ4v) is 0. The van der Waals surface area contributed by atoms with Gasteiger partial charge in [0, 0.05) is 24.5 Å². The molecule has 0 unspecified atom stereocenters. The summed E-state index contributed by atoms with van der Waals surface area (Å²) < 4.78 is 1.75. The van der Waals surface area contributed by atoms with Crippen molar-refractivity contribution in [3.8, 4) is 0 Å². The van der Waals surface area contributed by atoms with Crippen LogP contribution in [0.4, 0.5) is 0 Å². The first kappa shape index (κ1) is 20.5. The topological polar surface area (TPSA) is 51.4 Å². The van der Waals surface area contributed by atoms with Crippen LogP contribution in [0.15, 0.2) is 0 Å². The van der Waals surface area contributed by atoms with Gasteiger partial charge in [0.25, 0.3) is 0 Å². The maximum atomic E-state index is 7.88. The third-order valence-electron chi connectivity index (χ3n) is 0. The second-order valence-electron chi connectivity index (χ2n) is 0.0680. The van der Waals surface area contributed by atoms with Gasteiger partial charge in [0.2, 0.25) is 0 Å². The predicted octanol–water partition coefficient (Wildman–Crippen LogP) is -1.04. The summed E-state index contributed by atoms with van der Waals surface area (Å²) in [7, 11) is 0. The van der Waals surface area contributed by atoms with Gasteiger partial charge in [-0.2, -0.15) is 0 Å². The molecule has 4 heteroatoms. The molecule has 0 N–H and O–H groups in total. The molecule has 0 fully saturated rings. The van der Waals surface area contributed by atoms with E-state index in [0.29, 0.717) is 0 Å². The van der Waals surface area contributed by atoms with E-state index < -0.39 is 0 Å². The molecular weight excluding hydrogens is 116 g/mol. The van der Waals surface area contributed by atoms with Crippen molar-refractivity contribution in [1.29, 1.82) is 0 Å². The standard InChI is InChI=1S/C.Fe.O3/c;;1-3-2. The van der Waals surface area contributed by atoms with Crippen molar-refractivity contribution in [3.63, 3.8) is 0 Å². The number of hydrogen-bond acceptors (Lipinski definition) is 2. The van der Waals surface area contributed by atoms with E-state index in [1.54, 1.807) is 4.75 Å². The van der Waals surface area contributed by atoms with Gasteiger partial charge in [-0.3, -0.25) is 0 Å². The maximum absolute atomic E-state index is 7.88. The second-order valence-corrected chi connectivity index (χ2v) is 0.0680. The fourth-order valence-electron chi connectivity index (χ4n) is 0. The normalized spacial score (nSPS) is 2.40. The van der Waals surface area contributed by atoms with E-state index >= 15 is 0 Å². The average Bonchev–Trinajstić information content (AvgIpc) is 0.918. The molecule has 0 aromatic carbocycles. The van der Waals surface area contributed by atoms with E-state index in [1.165, 1.54) is 0 Å². The van der Waals surface area contributed by atoms with E-state index in [0.717, 1.165) is 0 Å². The van der Waals surface area contributed by atoms with Gasteiger partial charge in [0.1, 0.15) is 0 Å². The van der Waals surface area contributed by atoms with Gasteiger partial charge in [0.15, 0.2) is 4.75 Å². The van der Waals surface area contributed by atoms with Gasteiger partial charge in [-0.25, -0.2) is 0 Å². The molecule has 0 aliphatic heterocycles. The molecule has 5 heavy (non-hydrogen) atoms. The molecule has 0 saturated carbocycles. The van der Waals surface area contributed by atoms with Crippen LogP contribution in [0, 0.1) is 17.1 Å². The molecule has 0 aliphatic rings. The monoisotopic (exact) mass is 116 g/mol. The molecule has 0 heterocycles. The summed E-state index contributed by atoms with van der Waals surface area (Å²) in [4.78, 5) is 7.88. The Labute approximate surface area is 40.3 Å². The Balaban J connectivity index is -0.0000000200. The van der Waals surface area contributed by atoms with Crippen molar-refractivity contribution in [2.24, 2.45) is 0 Å². The Morgan fingerprint density at radius 2 is 1.60 bits per heavy atom. The molecule has 0 aromatic heterocycles. The molecule has 3 nitrogen and oxygen atoms in total. The third kappa shape index (κ3) is 2230. The van der Waals surface area contributed by atoms with Crippen molar-refractivity contribution in [2.75, 3.05) is 0 Å². The molecule has 0 amide bonds. The predicted molar refractivity (Wildman–Crippen MR) is 9.98 cm³/mol. The van der Waals surface area contributed by atoms with Crippen molar-refractivity contribution in [1.82, 2.24) is 0 Å². The molecule has 0 bridgehead atoms. The molecule has 0 aliphatic carbocycles. The minimum Gasteiger partial charge on any atom is -0.0772 e. The van der Waals surface area contributed by atoms with Crippen LogP contribution in [0.2, 0.25) is 0 Å². The average molecular weight is 116 g/mol. The van der Waals surface area contributed by atoms with Crippen molar-refractivity contribution < 1.29 is 22.3 Å². The van der Waals surface area contributed by atoms with Gasteiger partial charge in [-0.05, 0) is 0 Å². The van der Waals surface area contributed by atoms with Crippen LogP contribution in [0.1, 0.15) is 0 Å². The third-order valence-corrected chi connectivity index (χ3v) is 0. The van der Waals surface area contributed by atoms with Crippen LogP contribution in [-0.2, 0) is 17.1 Å². The van der Waals surface area contributed by atoms with E-state index in [4.69, 9.17) is 10.2 Å². The molecular formula is CFeO3. The molecule has 0 aromatic rings. The zero-order valence-electron chi connectivity index (χ0n) is 2.08. The van der Waals surface area contributed by atoms with E-state index in [1.807, 2.05) is 0 Å². The Morgan fingerprint density at radius 1 is 1.60 bits per heavy atom. The first-order valence-electron chi connectivity index (χ1n) is 0.333. The zero-order chi connectivity index (χ0) is 2.71. The number of rotatable bonds is 0. The zero-order valence-corrected chi connectivity index (χ0v) is 3.18. The molecule has 0 atom stereocenters. The number of hydrogen-bond donors (Lipinski definition) is 0. The van der Waals surface area contributed by atoms with Crippen LogP contribution in [0.3, 0.4) is 0 Å².